The Kier molecular flexibility index (Phi) is 4.93. The molecule has 0 aliphatic carbocycles. The van der Waals surface area contributed by atoms with Gasteiger partial charge >= 0.3 is 5.97 Å². The van der Waals surface area contributed by atoms with Crippen LogP contribution in [0.2, 0.25) is 0 Å². The smallest absolute Gasteiger partial charge is 0.347 e. The molecular weight excluding hydrogens is 236 g/mol. The predicted octanol–water partition coefficient (Wildman–Crippen LogP) is 3.20. The number of carbonyl (C=O) groups is 1. The van der Waals surface area contributed by atoms with Gasteiger partial charge in [-0.05, 0) is 19.3 Å². The van der Waals surface area contributed by atoms with Crippen molar-refractivity contribution in [2.24, 2.45) is 0 Å². The first-order valence-electron chi connectivity index (χ1n) is 6.00. The minimum absolute atomic E-state index is 0.145. The Hall–Kier alpha value is -1.10. The molecule has 0 aliphatic heterocycles. The molecule has 1 aromatic heterocycles. The van der Waals surface area contributed by atoms with Gasteiger partial charge < -0.3 is 10.0 Å². The summed E-state index contributed by atoms with van der Waals surface area (Å²) in [6.45, 7) is 9.89. The van der Waals surface area contributed by atoms with Gasteiger partial charge in [-0.25, -0.2) is 9.78 Å². The van der Waals surface area contributed by atoms with E-state index in [0.29, 0.717) is 10.6 Å². The molecule has 1 aromatic rings. The van der Waals surface area contributed by atoms with Gasteiger partial charge in [0.1, 0.15) is 4.88 Å². The van der Waals surface area contributed by atoms with Gasteiger partial charge in [0.25, 0.3) is 0 Å². The van der Waals surface area contributed by atoms with E-state index in [2.05, 4.69) is 23.7 Å². The molecule has 1 rings (SSSR count). The number of aromatic carboxylic acids is 1. The summed E-state index contributed by atoms with van der Waals surface area (Å²) in [5.41, 5.74) is 0.701. The number of rotatable bonds is 6. The number of aromatic nitrogens is 1. The van der Waals surface area contributed by atoms with Crippen molar-refractivity contribution in [3.8, 4) is 0 Å². The highest BCUT2D eigenvalue weighted by atomic mass is 32.1. The Bertz CT molecular complexity index is 388. The molecule has 0 bridgehead atoms. The molecule has 0 fully saturated rings. The normalized spacial score (nSPS) is 10.9. The maximum absolute atomic E-state index is 11.2. The predicted molar refractivity (Wildman–Crippen MR) is 71.3 cm³/mol. The largest absolute Gasteiger partial charge is 0.477 e. The van der Waals surface area contributed by atoms with Crippen LogP contribution in [-0.4, -0.2) is 29.1 Å². The molecule has 0 spiro atoms. The van der Waals surface area contributed by atoms with Gasteiger partial charge in [-0.3, -0.25) is 0 Å². The van der Waals surface area contributed by atoms with Crippen LogP contribution in [0.15, 0.2) is 0 Å². The molecule has 0 aromatic carbocycles. The SMILES string of the molecule is CCCN(CC)c1nc(C(C)C)c(C(=O)O)s1. The second kappa shape index (κ2) is 6.00. The second-order valence-corrected chi connectivity index (χ2v) is 5.23. The first kappa shape index (κ1) is 14.0. The zero-order chi connectivity index (χ0) is 13.0. The molecule has 1 N–H and O–H groups in total. The van der Waals surface area contributed by atoms with E-state index in [-0.39, 0.29) is 5.92 Å². The van der Waals surface area contributed by atoms with Crippen molar-refractivity contribution >= 4 is 22.4 Å². The third kappa shape index (κ3) is 3.19. The standard InChI is InChI=1S/C12H20N2O2S/c1-5-7-14(6-2)12-13-9(8(3)4)10(17-12)11(15)16/h8H,5-7H2,1-4H3,(H,15,16). The van der Waals surface area contributed by atoms with E-state index < -0.39 is 5.97 Å². The van der Waals surface area contributed by atoms with Crippen molar-refractivity contribution < 1.29 is 9.90 Å². The van der Waals surface area contributed by atoms with Crippen molar-refractivity contribution in [3.63, 3.8) is 0 Å². The highest BCUT2D eigenvalue weighted by molar-refractivity contribution is 7.17. The van der Waals surface area contributed by atoms with E-state index in [9.17, 15) is 4.79 Å². The van der Waals surface area contributed by atoms with Crippen LogP contribution >= 0.6 is 11.3 Å². The van der Waals surface area contributed by atoms with Gasteiger partial charge in [-0.1, -0.05) is 32.1 Å². The lowest BCUT2D eigenvalue weighted by Crippen LogP contribution is -2.23. The van der Waals surface area contributed by atoms with E-state index >= 15 is 0 Å². The average Bonchev–Trinajstić information content (AvgIpc) is 2.70. The Morgan fingerprint density at radius 3 is 2.47 bits per heavy atom. The summed E-state index contributed by atoms with van der Waals surface area (Å²) in [5, 5.41) is 9.99. The Morgan fingerprint density at radius 1 is 1.47 bits per heavy atom. The van der Waals surface area contributed by atoms with E-state index in [1.807, 2.05) is 13.8 Å². The van der Waals surface area contributed by atoms with Crippen LogP contribution in [0, 0.1) is 0 Å². The van der Waals surface area contributed by atoms with Crippen LogP contribution in [0.3, 0.4) is 0 Å². The van der Waals surface area contributed by atoms with Crippen LogP contribution in [0.1, 0.15) is 55.4 Å². The summed E-state index contributed by atoms with van der Waals surface area (Å²) in [6.07, 6.45) is 1.03. The molecule has 96 valence electrons. The zero-order valence-electron chi connectivity index (χ0n) is 10.9. The van der Waals surface area contributed by atoms with Gasteiger partial charge in [0.05, 0.1) is 5.69 Å². The number of thiazole rings is 1. The highest BCUT2D eigenvalue weighted by Crippen LogP contribution is 2.30. The summed E-state index contributed by atoms with van der Waals surface area (Å²) in [6, 6.07) is 0. The van der Waals surface area contributed by atoms with Gasteiger partial charge in [-0.15, -0.1) is 0 Å². The van der Waals surface area contributed by atoms with E-state index in [1.54, 1.807) is 0 Å². The summed E-state index contributed by atoms with van der Waals surface area (Å²) >= 11 is 1.28. The lowest BCUT2D eigenvalue weighted by atomic mass is 10.1. The lowest BCUT2D eigenvalue weighted by molar-refractivity contribution is 0.0700. The molecule has 0 saturated heterocycles. The summed E-state index contributed by atoms with van der Waals surface area (Å²) < 4.78 is 0. The van der Waals surface area contributed by atoms with Crippen molar-refractivity contribution in [2.45, 2.75) is 40.0 Å². The fourth-order valence-electron chi connectivity index (χ4n) is 1.66. The molecule has 4 nitrogen and oxygen atoms in total. The average molecular weight is 256 g/mol. The van der Waals surface area contributed by atoms with Gasteiger partial charge in [0, 0.05) is 13.1 Å². The van der Waals surface area contributed by atoms with Crippen molar-refractivity contribution in [3.05, 3.63) is 10.6 Å². The minimum Gasteiger partial charge on any atom is -0.477 e. The number of hydrogen-bond acceptors (Lipinski definition) is 4. The number of carboxylic acid groups (broad SMARTS) is 1. The summed E-state index contributed by atoms with van der Waals surface area (Å²) in [4.78, 5) is 18.2. The summed E-state index contributed by atoms with van der Waals surface area (Å²) in [7, 11) is 0. The fourth-order valence-corrected chi connectivity index (χ4v) is 2.81. The highest BCUT2D eigenvalue weighted by Gasteiger charge is 2.21. The molecule has 0 aliphatic rings. The number of hydrogen-bond donors (Lipinski definition) is 1. The molecule has 5 heteroatoms. The van der Waals surface area contributed by atoms with Gasteiger partial charge in [-0.2, -0.15) is 0 Å². The molecular formula is C12H20N2O2S. The van der Waals surface area contributed by atoms with Gasteiger partial charge in [0.15, 0.2) is 5.13 Å². The Balaban J connectivity index is 3.10. The Morgan fingerprint density at radius 2 is 2.12 bits per heavy atom. The molecule has 0 radical (unpaired) electrons. The lowest BCUT2D eigenvalue weighted by Gasteiger charge is -2.18. The molecule has 0 atom stereocenters. The second-order valence-electron chi connectivity index (χ2n) is 4.25. The maximum Gasteiger partial charge on any atom is 0.347 e. The van der Waals surface area contributed by atoms with Crippen molar-refractivity contribution in [2.75, 3.05) is 18.0 Å². The van der Waals surface area contributed by atoms with E-state index in [4.69, 9.17) is 5.11 Å². The van der Waals surface area contributed by atoms with Crippen molar-refractivity contribution in [1.29, 1.82) is 0 Å². The van der Waals surface area contributed by atoms with Crippen LogP contribution in [0.25, 0.3) is 0 Å². The summed E-state index contributed by atoms with van der Waals surface area (Å²) in [5.74, 6) is -0.726. The molecule has 0 unspecified atom stereocenters. The zero-order valence-corrected chi connectivity index (χ0v) is 11.7. The molecule has 1 heterocycles. The maximum atomic E-state index is 11.2. The van der Waals surface area contributed by atoms with Crippen LogP contribution in [0.4, 0.5) is 5.13 Å². The molecule has 17 heavy (non-hydrogen) atoms. The van der Waals surface area contributed by atoms with Crippen LogP contribution < -0.4 is 4.90 Å². The number of anilines is 1. The first-order valence-corrected chi connectivity index (χ1v) is 6.81. The third-order valence-corrected chi connectivity index (χ3v) is 3.65. The molecule has 0 saturated carbocycles. The van der Waals surface area contributed by atoms with E-state index in [0.717, 1.165) is 24.6 Å². The van der Waals surface area contributed by atoms with E-state index in [1.165, 1.54) is 11.3 Å². The minimum atomic E-state index is -0.870. The fraction of sp³-hybridized carbons (Fsp3) is 0.667. The van der Waals surface area contributed by atoms with Crippen LogP contribution in [-0.2, 0) is 0 Å². The monoisotopic (exact) mass is 256 g/mol. The first-order chi connectivity index (χ1) is 8.01. The molecule has 0 amide bonds. The Labute approximate surface area is 106 Å². The number of carboxylic acids is 1. The van der Waals surface area contributed by atoms with Crippen LogP contribution in [0.5, 0.6) is 0 Å². The third-order valence-electron chi connectivity index (χ3n) is 2.53. The van der Waals surface area contributed by atoms with Crippen molar-refractivity contribution in [1.82, 2.24) is 4.98 Å². The number of nitrogens with zero attached hydrogens (tertiary/aromatic N) is 2. The quantitative estimate of drug-likeness (QED) is 0.849. The topological polar surface area (TPSA) is 53.4 Å². The van der Waals surface area contributed by atoms with Gasteiger partial charge in [0.2, 0.25) is 0 Å².